The van der Waals surface area contributed by atoms with Crippen LogP contribution in [0, 0.1) is 0 Å². The van der Waals surface area contributed by atoms with Gasteiger partial charge in [0.05, 0.1) is 6.04 Å². The topological polar surface area (TPSA) is 75.3 Å². The Morgan fingerprint density at radius 3 is 2.35 bits per heavy atom. The molecule has 1 aliphatic carbocycles. The van der Waals surface area contributed by atoms with Gasteiger partial charge in [0.25, 0.3) is 0 Å². The van der Waals surface area contributed by atoms with E-state index in [-0.39, 0.29) is 25.0 Å². The molecule has 4 nitrogen and oxygen atoms in total. The Hall–Kier alpha value is -1.76. The molecule has 0 aromatic heterocycles. The number of rotatable bonds is 4. The smallest absolute Gasteiger partial charge is 0.411 e. The first-order chi connectivity index (χ1) is 9.23. The molecule has 0 bridgehead atoms. The van der Waals surface area contributed by atoms with Gasteiger partial charge in [0.15, 0.2) is 0 Å². The summed E-state index contributed by atoms with van der Waals surface area (Å²) in [6.07, 6.45) is -4.54. The summed E-state index contributed by atoms with van der Waals surface area (Å²) >= 11 is 0. The highest BCUT2D eigenvalue weighted by Gasteiger charge is 2.64. The number of halogens is 3. The van der Waals surface area contributed by atoms with E-state index in [1.807, 2.05) is 5.32 Å². The molecule has 1 fully saturated rings. The standard InChI is InChI=1S/C13H15F3N2O2/c14-13(15,16)12(5-6-12)18-11(20)10(17)7-8-1-3-9(19)4-2-8/h1-4,10,19H,5-7,17H2,(H,18,20)/t10-/m0/s1. The van der Waals surface area contributed by atoms with Gasteiger partial charge in [0.1, 0.15) is 11.3 Å². The van der Waals surface area contributed by atoms with Crippen LogP contribution in [-0.4, -0.2) is 28.8 Å². The highest BCUT2D eigenvalue weighted by atomic mass is 19.4. The Kier molecular flexibility index (Phi) is 3.64. The van der Waals surface area contributed by atoms with Gasteiger partial charge >= 0.3 is 6.18 Å². The highest BCUT2D eigenvalue weighted by Crippen LogP contribution is 2.48. The van der Waals surface area contributed by atoms with Gasteiger partial charge in [0, 0.05) is 0 Å². The van der Waals surface area contributed by atoms with E-state index in [9.17, 15) is 18.0 Å². The maximum atomic E-state index is 12.7. The second-order valence-corrected chi connectivity index (χ2v) is 5.05. The molecule has 0 heterocycles. The SMILES string of the molecule is N[C@@H](Cc1ccc(O)cc1)C(=O)NC1(C(F)(F)F)CC1. The molecule has 0 spiro atoms. The monoisotopic (exact) mass is 288 g/mol. The number of benzene rings is 1. The molecule has 1 atom stereocenters. The van der Waals surface area contributed by atoms with Crippen LogP contribution in [0.3, 0.4) is 0 Å². The predicted molar refractivity (Wildman–Crippen MR) is 65.9 cm³/mol. The van der Waals surface area contributed by atoms with Crippen molar-refractivity contribution >= 4 is 5.91 Å². The maximum Gasteiger partial charge on any atom is 0.411 e. The van der Waals surface area contributed by atoms with Crippen LogP contribution >= 0.6 is 0 Å². The molecule has 0 radical (unpaired) electrons. The third kappa shape index (κ3) is 3.04. The van der Waals surface area contributed by atoms with Gasteiger partial charge in [-0.3, -0.25) is 4.79 Å². The summed E-state index contributed by atoms with van der Waals surface area (Å²) in [5.74, 6) is -0.742. The zero-order valence-corrected chi connectivity index (χ0v) is 10.6. The zero-order chi connectivity index (χ0) is 15.0. The van der Waals surface area contributed by atoms with Crippen LogP contribution in [0.25, 0.3) is 0 Å². The largest absolute Gasteiger partial charge is 0.508 e. The molecule has 4 N–H and O–H groups in total. The number of nitrogens with two attached hydrogens (primary N) is 1. The summed E-state index contributed by atoms with van der Waals surface area (Å²) in [7, 11) is 0. The third-order valence-electron chi connectivity index (χ3n) is 3.38. The van der Waals surface area contributed by atoms with E-state index < -0.39 is 23.7 Å². The lowest BCUT2D eigenvalue weighted by molar-refractivity contribution is -0.170. The molecule has 20 heavy (non-hydrogen) atoms. The van der Waals surface area contributed by atoms with Crippen molar-refractivity contribution < 1.29 is 23.1 Å². The lowest BCUT2D eigenvalue weighted by atomic mass is 10.1. The fraction of sp³-hybridized carbons (Fsp3) is 0.462. The molecule has 1 aliphatic rings. The maximum absolute atomic E-state index is 12.7. The van der Waals surface area contributed by atoms with Crippen molar-refractivity contribution in [2.24, 2.45) is 5.73 Å². The van der Waals surface area contributed by atoms with Crippen molar-refractivity contribution in [3.05, 3.63) is 29.8 Å². The zero-order valence-electron chi connectivity index (χ0n) is 10.6. The Morgan fingerprint density at radius 1 is 1.35 bits per heavy atom. The molecular weight excluding hydrogens is 273 g/mol. The quantitative estimate of drug-likeness (QED) is 0.785. The number of amides is 1. The molecule has 0 unspecified atom stereocenters. The summed E-state index contributed by atoms with van der Waals surface area (Å²) in [5.41, 5.74) is 4.21. The fourth-order valence-electron chi connectivity index (χ4n) is 1.91. The van der Waals surface area contributed by atoms with Crippen LogP contribution in [0.5, 0.6) is 5.75 Å². The van der Waals surface area contributed by atoms with Gasteiger partial charge in [-0.05, 0) is 37.0 Å². The minimum atomic E-state index is -4.44. The Bertz CT molecular complexity index is 495. The van der Waals surface area contributed by atoms with Crippen LogP contribution in [0.2, 0.25) is 0 Å². The first-order valence-electron chi connectivity index (χ1n) is 6.16. The first-order valence-corrected chi connectivity index (χ1v) is 6.16. The molecule has 1 aromatic rings. The Morgan fingerprint density at radius 2 is 1.90 bits per heavy atom. The molecule has 1 saturated carbocycles. The lowest BCUT2D eigenvalue weighted by Gasteiger charge is -2.22. The summed E-state index contributed by atoms with van der Waals surface area (Å²) in [5, 5.41) is 11.1. The number of hydrogen-bond acceptors (Lipinski definition) is 3. The number of phenols is 1. The van der Waals surface area contributed by atoms with Gasteiger partial charge in [0.2, 0.25) is 5.91 Å². The predicted octanol–water partition coefficient (Wildman–Crippen LogP) is 1.47. The number of nitrogens with one attached hydrogen (secondary N) is 1. The van der Waals surface area contributed by atoms with E-state index in [2.05, 4.69) is 0 Å². The van der Waals surface area contributed by atoms with E-state index in [4.69, 9.17) is 10.8 Å². The van der Waals surface area contributed by atoms with Crippen LogP contribution in [0.15, 0.2) is 24.3 Å². The van der Waals surface area contributed by atoms with Gasteiger partial charge < -0.3 is 16.2 Å². The first kappa shape index (κ1) is 14.6. The molecule has 1 aromatic carbocycles. The van der Waals surface area contributed by atoms with Crippen LogP contribution in [0.1, 0.15) is 18.4 Å². The minimum absolute atomic E-state index is 0.0702. The number of carbonyl (C=O) groups excluding carboxylic acids is 1. The molecule has 0 saturated heterocycles. The number of carbonyl (C=O) groups is 1. The van der Waals surface area contributed by atoms with Gasteiger partial charge in [-0.15, -0.1) is 0 Å². The highest BCUT2D eigenvalue weighted by molar-refractivity contribution is 5.83. The molecule has 7 heteroatoms. The fourth-order valence-corrected chi connectivity index (χ4v) is 1.91. The average Bonchev–Trinajstić information content (AvgIpc) is 3.12. The molecule has 1 amide bonds. The summed E-state index contributed by atoms with van der Waals surface area (Å²) < 4.78 is 38.1. The van der Waals surface area contributed by atoms with E-state index >= 15 is 0 Å². The van der Waals surface area contributed by atoms with Crippen molar-refractivity contribution in [1.29, 1.82) is 0 Å². The van der Waals surface area contributed by atoms with Crippen LogP contribution in [-0.2, 0) is 11.2 Å². The van der Waals surface area contributed by atoms with Crippen molar-refractivity contribution in [3.8, 4) is 5.75 Å². The van der Waals surface area contributed by atoms with Crippen molar-refractivity contribution in [1.82, 2.24) is 5.32 Å². The normalized spacial score (nSPS) is 18.4. The Balaban J connectivity index is 1.94. The number of hydrogen-bond donors (Lipinski definition) is 3. The molecular formula is C13H15F3N2O2. The lowest BCUT2D eigenvalue weighted by Crippen LogP contribution is -2.53. The second kappa shape index (κ2) is 4.97. The van der Waals surface area contributed by atoms with Gasteiger partial charge in [-0.1, -0.05) is 12.1 Å². The second-order valence-electron chi connectivity index (χ2n) is 5.05. The van der Waals surface area contributed by atoms with Gasteiger partial charge in [-0.25, -0.2) is 0 Å². The van der Waals surface area contributed by atoms with Crippen molar-refractivity contribution in [2.75, 3.05) is 0 Å². The number of phenolic OH excluding ortho intramolecular Hbond substituents is 1. The van der Waals surface area contributed by atoms with Crippen LogP contribution in [0.4, 0.5) is 13.2 Å². The summed E-state index contributed by atoms with van der Waals surface area (Å²) in [4.78, 5) is 11.7. The van der Waals surface area contributed by atoms with E-state index in [0.29, 0.717) is 5.56 Å². The average molecular weight is 288 g/mol. The third-order valence-corrected chi connectivity index (χ3v) is 3.38. The summed E-state index contributed by atoms with van der Waals surface area (Å²) in [6, 6.07) is 4.94. The van der Waals surface area contributed by atoms with E-state index in [0.717, 1.165) is 0 Å². The van der Waals surface area contributed by atoms with Crippen molar-refractivity contribution in [2.45, 2.75) is 37.0 Å². The molecule has 2 rings (SSSR count). The van der Waals surface area contributed by atoms with Crippen molar-refractivity contribution in [3.63, 3.8) is 0 Å². The molecule has 0 aliphatic heterocycles. The van der Waals surface area contributed by atoms with E-state index in [1.54, 1.807) is 12.1 Å². The number of aromatic hydroxyl groups is 1. The van der Waals surface area contributed by atoms with E-state index in [1.165, 1.54) is 12.1 Å². The minimum Gasteiger partial charge on any atom is -0.508 e. The molecule has 110 valence electrons. The van der Waals surface area contributed by atoms with Crippen LogP contribution < -0.4 is 11.1 Å². The number of alkyl halides is 3. The van der Waals surface area contributed by atoms with Gasteiger partial charge in [-0.2, -0.15) is 13.2 Å². The Labute approximate surface area is 113 Å². The summed E-state index contributed by atoms with van der Waals surface area (Å²) in [6.45, 7) is 0.